The lowest BCUT2D eigenvalue weighted by Gasteiger charge is -2.26. The highest BCUT2D eigenvalue weighted by atomic mass is 32.1. The van der Waals surface area contributed by atoms with E-state index < -0.39 is 0 Å². The molecule has 0 bridgehead atoms. The standard InChI is InChI=1S/C16H22N4O2S/c1-12-19-13(11-23-12)9-17-16(21)18-10-14(15-5-4-8-22-15)20-6-2-3-7-20/h4-5,8,11,14H,2-3,6-7,9-10H2,1H3,(H2,17,18,21)/t14-/m1/s1. The molecule has 2 N–H and O–H groups in total. The molecule has 0 radical (unpaired) electrons. The number of likely N-dealkylation sites (tertiary alicyclic amines) is 1. The van der Waals surface area contributed by atoms with Gasteiger partial charge in [-0.3, -0.25) is 4.90 Å². The van der Waals surface area contributed by atoms with Crippen LogP contribution in [-0.4, -0.2) is 35.5 Å². The number of nitrogens with one attached hydrogen (secondary N) is 2. The van der Waals surface area contributed by atoms with E-state index in [1.165, 1.54) is 12.8 Å². The molecule has 0 aromatic carbocycles. The van der Waals surface area contributed by atoms with Crippen LogP contribution in [0.25, 0.3) is 0 Å². The first kappa shape index (κ1) is 16.0. The zero-order chi connectivity index (χ0) is 16.1. The van der Waals surface area contributed by atoms with Gasteiger partial charge in [-0.1, -0.05) is 0 Å². The molecule has 124 valence electrons. The smallest absolute Gasteiger partial charge is 0.315 e. The summed E-state index contributed by atoms with van der Waals surface area (Å²) in [4.78, 5) is 18.7. The summed E-state index contributed by atoms with van der Waals surface area (Å²) >= 11 is 1.59. The Morgan fingerprint density at radius 3 is 2.91 bits per heavy atom. The third kappa shape index (κ3) is 4.33. The number of aryl methyl sites for hydroxylation is 1. The predicted octanol–water partition coefficient (Wildman–Crippen LogP) is 2.68. The Morgan fingerprint density at radius 1 is 1.43 bits per heavy atom. The molecular weight excluding hydrogens is 312 g/mol. The number of furan rings is 1. The van der Waals surface area contributed by atoms with E-state index in [4.69, 9.17) is 4.42 Å². The Morgan fingerprint density at radius 2 is 2.26 bits per heavy atom. The summed E-state index contributed by atoms with van der Waals surface area (Å²) in [7, 11) is 0. The summed E-state index contributed by atoms with van der Waals surface area (Å²) in [5, 5.41) is 8.77. The van der Waals surface area contributed by atoms with Gasteiger partial charge in [0.25, 0.3) is 0 Å². The molecule has 2 aromatic rings. The predicted molar refractivity (Wildman–Crippen MR) is 89.3 cm³/mol. The van der Waals surface area contributed by atoms with E-state index in [0.29, 0.717) is 13.1 Å². The van der Waals surface area contributed by atoms with E-state index in [0.717, 1.165) is 29.6 Å². The Hall–Kier alpha value is -1.86. The summed E-state index contributed by atoms with van der Waals surface area (Å²) in [6.07, 6.45) is 4.09. The van der Waals surface area contributed by atoms with Gasteiger partial charge in [-0.05, 0) is 45.0 Å². The number of carbonyl (C=O) groups is 1. The van der Waals surface area contributed by atoms with Gasteiger partial charge in [0.15, 0.2) is 0 Å². The quantitative estimate of drug-likeness (QED) is 0.852. The summed E-state index contributed by atoms with van der Waals surface area (Å²) in [6.45, 7) is 5.04. The minimum atomic E-state index is -0.175. The third-order valence-electron chi connectivity index (χ3n) is 4.01. The van der Waals surface area contributed by atoms with Crippen LogP contribution in [0, 0.1) is 6.92 Å². The monoisotopic (exact) mass is 334 g/mol. The summed E-state index contributed by atoms with van der Waals surface area (Å²) < 4.78 is 5.55. The third-order valence-corrected chi connectivity index (χ3v) is 4.83. The number of hydrogen-bond acceptors (Lipinski definition) is 5. The van der Waals surface area contributed by atoms with Crippen molar-refractivity contribution in [3.63, 3.8) is 0 Å². The van der Waals surface area contributed by atoms with Crippen LogP contribution in [0.1, 0.15) is 35.3 Å². The van der Waals surface area contributed by atoms with Crippen LogP contribution in [0.3, 0.4) is 0 Å². The van der Waals surface area contributed by atoms with Crippen LogP contribution in [0.15, 0.2) is 28.2 Å². The number of rotatable bonds is 6. The molecule has 23 heavy (non-hydrogen) atoms. The van der Waals surface area contributed by atoms with Crippen molar-refractivity contribution < 1.29 is 9.21 Å². The van der Waals surface area contributed by atoms with Crippen molar-refractivity contribution in [2.45, 2.75) is 32.4 Å². The maximum atomic E-state index is 12.0. The number of hydrogen-bond donors (Lipinski definition) is 2. The van der Waals surface area contributed by atoms with Gasteiger partial charge in [0.1, 0.15) is 5.76 Å². The molecule has 1 saturated heterocycles. The first-order chi connectivity index (χ1) is 11.2. The van der Waals surface area contributed by atoms with Crippen molar-refractivity contribution in [2.75, 3.05) is 19.6 Å². The lowest BCUT2D eigenvalue weighted by Crippen LogP contribution is -2.41. The zero-order valence-electron chi connectivity index (χ0n) is 13.2. The van der Waals surface area contributed by atoms with Gasteiger partial charge < -0.3 is 15.1 Å². The van der Waals surface area contributed by atoms with Crippen molar-refractivity contribution in [2.24, 2.45) is 0 Å². The van der Waals surface area contributed by atoms with Crippen LogP contribution >= 0.6 is 11.3 Å². The van der Waals surface area contributed by atoms with Crippen LogP contribution in [0.2, 0.25) is 0 Å². The molecule has 6 nitrogen and oxygen atoms in total. The fourth-order valence-corrected chi connectivity index (χ4v) is 3.47. The summed E-state index contributed by atoms with van der Waals surface area (Å²) in [6, 6.07) is 3.79. The summed E-state index contributed by atoms with van der Waals surface area (Å²) in [5.41, 5.74) is 0.893. The van der Waals surface area contributed by atoms with E-state index in [2.05, 4.69) is 20.5 Å². The Balaban J connectivity index is 1.50. The van der Waals surface area contributed by atoms with Gasteiger partial charge in [0.05, 0.1) is 29.6 Å². The first-order valence-electron chi connectivity index (χ1n) is 7.92. The van der Waals surface area contributed by atoms with Gasteiger partial charge >= 0.3 is 6.03 Å². The molecule has 1 atom stereocenters. The lowest BCUT2D eigenvalue weighted by atomic mass is 10.2. The number of thiazole rings is 1. The van der Waals surface area contributed by atoms with Crippen molar-refractivity contribution in [1.82, 2.24) is 20.5 Å². The minimum Gasteiger partial charge on any atom is -0.468 e. The molecular formula is C16H22N4O2S. The van der Waals surface area contributed by atoms with Crippen LogP contribution in [-0.2, 0) is 6.54 Å². The number of amides is 2. The van der Waals surface area contributed by atoms with Crippen molar-refractivity contribution in [1.29, 1.82) is 0 Å². The van der Waals surface area contributed by atoms with Gasteiger partial charge in [0.2, 0.25) is 0 Å². The van der Waals surface area contributed by atoms with Crippen molar-refractivity contribution >= 4 is 17.4 Å². The number of nitrogens with zero attached hydrogens (tertiary/aromatic N) is 2. The fourth-order valence-electron chi connectivity index (χ4n) is 2.86. The normalized spacial score (nSPS) is 16.4. The van der Waals surface area contributed by atoms with Gasteiger partial charge in [0, 0.05) is 11.9 Å². The van der Waals surface area contributed by atoms with E-state index >= 15 is 0 Å². The molecule has 3 rings (SSSR count). The molecule has 1 fully saturated rings. The summed E-state index contributed by atoms with van der Waals surface area (Å²) in [5.74, 6) is 0.905. The largest absolute Gasteiger partial charge is 0.468 e. The second kappa shape index (κ2) is 7.61. The van der Waals surface area contributed by atoms with Crippen LogP contribution < -0.4 is 10.6 Å². The maximum Gasteiger partial charge on any atom is 0.315 e. The van der Waals surface area contributed by atoms with Crippen LogP contribution in [0.5, 0.6) is 0 Å². The highest BCUT2D eigenvalue weighted by Crippen LogP contribution is 2.24. The highest BCUT2D eigenvalue weighted by Gasteiger charge is 2.25. The van der Waals surface area contributed by atoms with Gasteiger partial charge in [-0.2, -0.15) is 0 Å². The molecule has 1 aliphatic heterocycles. The van der Waals surface area contributed by atoms with E-state index in [1.807, 2.05) is 24.4 Å². The van der Waals surface area contributed by atoms with Gasteiger partial charge in [-0.15, -0.1) is 11.3 Å². The molecule has 3 heterocycles. The molecule has 7 heteroatoms. The van der Waals surface area contributed by atoms with Crippen LogP contribution in [0.4, 0.5) is 4.79 Å². The van der Waals surface area contributed by atoms with Crippen molar-refractivity contribution in [3.8, 4) is 0 Å². The van der Waals surface area contributed by atoms with E-state index in [-0.39, 0.29) is 12.1 Å². The second-order valence-electron chi connectivity index (χ2n) is 5.70. The average molecular weight is 334 g/mol. The minimum absolute atomic E-state index is 0.0970. The molecule has 0 saturated carbocycles. The average Bonchev–Trinajstić information content (AvgIpc) is 3.28. The number of carbonyl (C=O) groups excluding carboxylic acids is 1. The Kier molecular flexibility index (Phi) is 5.30. The molecule has 2 aromatic heterocycles. The molecule has 1 aliphatic rings. The molecule has 2 amide bonds. The van der Waals surface area contributed by atoms with E-state index in [9.17, 15) is 4.79 Å². The Labute approximate surface area is 139 Å². The molecule has 0 spiro atoms. The SMILES string of the molecule is Cc1nc(CNC(=O)NC[C@H](c2ccco2)N2CCCC2)cs1. The molecule has 0 aliphatic carbocycles. The van der Waals surface area contributed by atoms with Gasteiger partial charge in [-0.25, -0.2) is 9.78 Å². The lowest BCUT2D eigenvalue weighted by molar-refractivity contribution is 0.203. The maximum absolute atomic E-state index is 12.0. The van der Waals surface area contributed by atoms with E-state index in [1.54, 1.807) is 17.6 Å². The molecule has 0 unspecified atom stereocenters. The van der Waals surface area contributed by atoms with Crippen molar-refractivity contribution in [3.05, 3.63) is 40.2 Å². The number of urea groups is 1. The number of aromatic nitrogens is 1. The highest BCUT2D eigenvalue weighted by molar-refractivity contribution is 7.09. The second-order valence-corrected chi connectivity index (χ2v) is 6.76. The first-order valence-corrected chi connectivity index (χ1v) is 8.80. The topological polar surface area (TPSA) is 70.4 Å². The fraction of sp³-hybridized carbons (Fsp3) is 0.500. The Bertz CT molecular complexity index is 620. The zero-order valence-corrected chi connectivity index (χ0v) is 14.1.